The van der Waals surface area contributed by atoms with Crippen molar-refractivity contribution < 1.29 is 9.53 Å². The van der Waals surface area contributed by atoms with E-state index in [-0.39, 0.29) is 5.91 Å². The molecular formula is C16H24N2O2S. The van der Waals surface area contributed by atoms with Crippen molar-refractivity contribution in [2.45, 2.75) is 32.6 Å². The normalized spacial score (nSPS) is 10.3. The smallest absolute Gasteiger partial charge is 0.251 e. The highest BCUT2D eigenvalue weighted by molar-refractivity contribution is 7.80. The van der Waals surface area contributed by atoms with E-state index in [0.29, 0.717) is 30.1 Å². The summed E-state index contributed by atoms with van der Waals surface area (Å²) in [4.78, 5) is 12.4. The van der Waals surface area contributed by atoms with Crippen molar-refractivity contribution in [3.8, 4) is 0 Å². The minimum atomic E-state index is -0.0756. The average Bonchev–Trinajstić information content (AvgIpc) is 2.45. The van der Waals surface area contributed by atoms with Gasteiger partial charge in [-0.3, -0.25) is 4.79 Å². The molecular weight excluding hydrogens is 284 g/mol. The van der Waals surface area contributed by atoms with Crippen LogP contribution in [0.4, 0.5) is 0 Å². The van der Waals surface area contributed by atoms with E-state index in [1.807, 2.05) is 18.2 Å². The molecule has 0 saturated carbocycles. The fraction of sp³-hybridized carbons (Fsp3) is 0.500. The quantitative estimate of drug-likeness (QED) is 0.515. The molecule has 0 bridgehead atoms. The van der Waals surface area contributed by atoms with Crippen molar-refractivity contribution in [3.05, 3.63) is 35.4 Å². The van der Waals surface area contributed by atoms with Gasteiger partial charge in [0.25, 0.3) is 5.91 Å². The van der Waals surface area contributed by atoms with Crippen molar-refractivity contribution in [2.75, 3.05) is 19.8 Å². The molecule has 0 radical (unpaired) electrons. The summed E-state index contributed by atoms with van der Waals surface area (Å²) in [5, 5.41) is 2.89. The summed E-state index contributed by atoms with van der Waals surface area (Å²) in [6, 6.07) is 7.37. The molecule has 0 aliphatic carbocycles. The Morgan fingerprint density at radius 2 is 2.10 bits per heavy atom. The van der Waals surface area contributed by atoms with Crippen LogP contribution in [0.2, 0.25) is 0 Å². The Morgan fingerprint density at radius 1 is 1.33 bits per heavy atom. The van der Waals surface area contributed by atoms with Gasteiger partial charge in [0.1, 0.15) is 0 Å². The maximum atomic E-state index is 12.0. The van der Waals surface area contributed by atoms with Crippen LogP contribution in [0.3, 0.4) is 0 Å². The summed E-state index contributed by atoms with van der Waals surface area (Å²) < 4.78 is 5.44. The van der Waals surface area contributed by atoms with Crippen LogP contribution in [0.5, 0.6) is 0 Å². The Morgan fingerprint density at radius 3 is 2.81 bits per heavy atom. The number of nitrogens with one attached hydrogen (secondary N) is 1. The summed E-state index contributed by atoms with van der Waals surface area (Å²) in [6.45, 7) is 4.23. The number of ether oxygens (including phenoxy) is 1. The minimum absolute atomic E-state index is 0.0756. The summed E-state index contributed by atoms with van der Waals surface area (Å²) in [7, 11) is 0. The lowest BCUT2D eigenvalue weighted by Crippen LogP contribution is -2.25. The van der Waals surface area contributed by atoms with Crippen LogP contribution >= 0.6 is 12.2 Å². The van der Waals surface area contributed by atoms with E-state index < -0.39 is 0 Å². The number of rotatable bonds is 10. The van der Waals surface area contributed by atoms with E-state index in [9.17, 15) is 4.79 Å². The highest BCUT2D eigenvalue weighted by atomic mass is 32.1. The summed E-state index contributed by atoms with van der Waals surface area (Å²) in [6.07, 6.45) is 3.56. The van der Waals surface area contributed by atoms with Gasteiger partial charge in [-0.2, -0.15) is 0 Å². The highest BCUT2D eigenvalue weighted by Gasteiger charge is 2.06. The van der Waals surface area contributed by atoms with Crippen LogP contribution in [-0.4, -0.2) is 30.7 Å². The largest absolute Gasteiger partial charge is 0.393 e. The molecule has 0 aromatic heterocycles. The number of unbranched alkanes of at least 4 members (excludes halogenated alkanes) is 1. The van der Waals surface area contributed by atoms with E-state index in [4.69, 9.17) is 22.7 Å². The van der Waals surface area contributed by atoms with Gasteiger partial charge < -0.3 is 15.8 Å². The van der Waals surface area contributed by atoms with Crippen molar-refractivity contribution in [2.24, 2.45) is 5.73 Å². The van der Waals surface area contributed by atoms with Crippen LogP contribution in [-0.2, 0) is 11.2 Å². The predicted molar refractivity (Wildman–Crippen MR) is 89.6 cm³/mol. The van der Waals surface area contributed by atoms with Crippen LogP contribution in [0.1, 0.15) is 42.1 Å². The first-order valence-electron chi connectivity index (χ1n) is 7.36. The third-order valence-corrected chi connectivity index (χ3v) is 3.11. The van der Waals surface area contributed by atoms with E-state index in [2.05, 4.69) is 12.2 Å². The number of nitrogens with two attached hydrogens (primary N) is 1. The fourth-order valence-electron chi connectivity index (χ4n) is 1.85. The zero-order valence-electron chi connectivity index (χ0n) is 12.6. The van der Waals surface area contributed by atoms with Crippen molar-refractivity contribution in [3.63, 3.8) is 0 Å². The van der Waals surface area contributed by atoms with Crippen molar-refractivity contribution in [1.29, 1.82) is 0 Å². The predicted octanol–water partition coefficient (Wildman–Crippen LogP) is 2.45. The Labute approximate surface area is 132 Å². The molecule has 1 amide bonds. The lowest BCUT2D eigenvalue weighted by Gasteiger charge is -2.07. The van der Waals surface area contributed by atoms with Crippen LogP contribution in [0.25, 0.3) is 0 Å². The van der Waals surface area contributed by atoms with E-state index in [0.717, 1.165) is 31.4 Å². The summed E-state index contributed by atoms with van der Waals surface area (Å²) >= 11 is 4.88. The first-order valence-corrected chi connectivity index (χ1v) is 7.77. The van der Waals surface area contributed by atoms with Crippen LogP contribution in [0, 0.1) is 0 Å². The molecule has 1 rings (SSSR count). The molecule has 21 heavy (non-hydrogen) atoms. The number of carbonyl (C=O) groups excluding carboxylic acids is 1. The van der Waals surface area contributed by atoms with Gasteiger partial charge in [0.2, 0.25) is 0 Å². The number of amides is 1. The molecule has 3 N–H and O–H groups in total. The van der Waals surface area contributed by atoms with E-state index in [1.54, 1.807) is 6.07 Å². The molecule has 1 aromatic carbocycles. The zero-order chi connectivity index (χ0) is 15.5. The third-order valence-electron chi connectivity index (χ3n) is 2.96. The first-order chi connectivity index (χ1) is 10.1. The maximum Gasteiger partial charge on any atom is 0.251 e. The second-order valence-corrected chi connectivity index (χ2v) is 5.44. The molecule has 4 nitrogen and oxygen atoms in total. The molecule has 0 aliphatic heterocycles. The van der Waals surface area contributed by atoms with Gasteiger partial charge in [-0.1, -0.05) is 37.7 Å². The molecule has 0 saturated heterocycles. The van der Waals surface area contributed by atoms with Gasteiger partial charge in [0, 0.05) is 31.7 Å². The Bertz CT molecular complexity index is 463. The molecule has 0 unspecified atom stereocenters. The molecule has 0 heterocycles. The van der Waals surface area contributed by atoms with Gasteiger partial charge in [-0.25, -0.2) is 0 Å². The highest BCUT2D eigenvalue weighted by Crippen LogP contribution is 2.06. The van der Waals surface area contributed by atoms with Gasteiger partial charge in [0.05, 0.1) is 4.99 Å². The number of benzene rings is 1. The molecule has 0 atom stereocenters. The maximum absolute atomic E-state index is 12.0. The second kappa shape index (κ2) is 10.3. The Hall–Kier alpha value is -1.46. The molecule has 1 aromatic rings. The van der Waals surface area contributed by atoms with E-state index in [1.165, 1.54) is 0 Å². The molecule has 0 fully saturated rings. The van der Waals surface area contributed by atoms with Crippen molar-refractivity contribution >= 4 is 23.1 Å². The van der Waals surface area contributed by atoms with Gasteiger partial charge in [-0.05, 0) is 30.5 Å². The second-order valence-electron chi connectivity index (χ2n) is 4.92. The van der Waals surface area contributed by atoms with Crippen LogP contribution in [0.15, 0.2) is 24.3 Å². The monoisotopic (exact) mass is 308 g/mol. The minimum Gasteiger partial charge on any atom is -0.393 e. The van der Waals surface area contributed by atoms with Gasteiger partial charge in [-0.15, -0.1) is 0 Å². The van der Waals surface area contributed by atoms with E-state index >= 15 is 0 Å². The molecule has 0 aliphatic rings. The SMILES string of the molecule is CCCCOCCCNC(=O)c1cccc(CC(N)=S)c1. The molecule has 0 spiro atoms. The first kappa shape index (κ1) is 17.6. The van der Waals surface area contributed by atoms with Crippen molar-refractivity contribution in [1.82, 2.24) is 5.32 Å². The van der Waals surface area contributed by atoms with Gasteiger partial charge in [0.15, 0.2) is 0 Å². The molecule has 116 valence electrons. The molecule has 5 heteroatoms. The van der Waals surface area contributed by atoms with Gasteiger partial charge >= 0.3 is 0 Å². The third kappa shape index (κ3) is 7.78. The topological polar surface area (TPSA) is 64.3 Å². The number of carbonyl (C=O) groups is 1. The standard InChI is InChI=1S/C16H24N2O2S/c1-2-3-9-20-10-5-8-18-16(19)14-7-4-6-13(11-14)12-15(17)21/h4,6-7,11H,2-3,5,8-10,12H2,1H3,(H2,17,21)(H,18,19). The lowest BCUT2D eigenvalue weighted by molar-refractivity contribution is 0.0940. The Kier molecular flexibility index (Phi) is 8.62. The Balaban J connectivity index is 2.30. The summed E-state index contributed by atoms with van der Waals surface area (Å²) in [5.74, 6) is -0.0756. The number of hydrogen-bond donors (Lipinski definition) is 2. The number of thiocarbonyl (C=S) groups is 1. The average molecular weight is 308 g/mol. The fourth-order valence-corrected chi connectivity index (χ4v) is 2.02. The summed E-state index contributed by atoms with van der Waals surface area (Å²) in [5.41, 5.74) is 7.11. The lowest BCUT2D eigenvalue weighted by atomic mass is 10.1. The zero-order valence-corrected chi connectivity index (χ0v) is 13.4. The number of hydrogen-bond acceptors (Lipinski definition) is 3. The van der Waals surface area contributed by atoms with Crippen LogP contribution < -0.4 is 11.1 Å².